The van der Waals surface area contributed by atoms with Gasteiger partial charge in [-0.25, -0.2) is 13.2 Å². The van der Waals surface area contributed by atoms with Crippen molar-refractivity contribution < 1.29 is 13.2 Å². The summed E-state index contributed by atoms with van der Waals surface area (Å²) in [7, 11) is 0. The Morgan fingerprint density at radius 3 is 2.38 bits per heavy atom. The topological polar surface area (TPSA) is 38.9 Å². The van der Waals surface area contributed by atoms with E-state index in [-0.39, 0.29) is 16.8 Å². The number of halogens is 3. The van der Waals surface area contributed by atoms with Crippen LogP contribution in [0.1, 0.15) is 0 Å². The van der Waals surface area contributed by atoms with Gasteiger partial charge >= 0.3 is 0 Å². The van der Waals surface area contributed by atoms with Crippen molar-refractivity contribution in [3.8, 4) is 11.1 Å². The highest BCUT2D eigenvalue weighted by Crippen LogP contribution is 2.29. The lowest BCUT2D eigenvalue weighted by Gasteiger charge is -2.06. The molecule has 5 heteroatoms. The first-order valence-electron chi connectivity index (χ1n) is 4.44. The van der Waals surface area contributed by atoms with Crippen LogP contribution in [0.25, 0.3) is 11.1 Å². The number of pyridine rings is 1. The molecule has 0 bridgehead atoms. The van der Waals surface area contributed by atoms with E-state index in [9.17, 15) is 13.2 Å². The van der Waals surface area contributed by atoms with E-state index in [2.05, 4.69) is 4.98 Å². The number of nitrogens with two attached hydrogens (primary N) is 1. The van der Waals surface area contributed by atoms with Gasteiger partial charge in [-0.3, -0.25) is 4.98 Å². The zero-order valence-electron chi connectivity index (χ0n) is 8.05. The minimum atomic E-state index is -1.51. The van der Waals surface area contributed by atoms with Crippen molar-refractivity contribution in [2.75, 3.05) is 5.73 Å². The summed E-state index contributed by atoms with van der Waals surface area (Å²) in [6, 6.07) is 3.43. The van der Waals surface area contributed by atoms with Crippen molar-refractivity contribution in [1.82, 2.24) is 4.98 Å². The third kappa shape index (κ3) is 1.60. The highest BCUT2D eigenvalue weighted by molar-refractivity contribution is 5.75. The van der Waals surface area contributed by atoms with Gasteiger partial charge in [-0.15, -0.1) is 0 Å². The van der Waals surface area contributed by atoms with E-state index in [1.54, 1.807) is 0 Å². The average Bonchev–Trinajstić information content (AvgIpc) is 2.28. The van der Waals surface area contributed by atoms with Crippen molar-refractivity contribution in [3.05, 3.63) is 48.0 Å². The molecule has 2 N–H and O–H groups in total. The Bertz CT molecular complexity index is 541. The normalized spacial score (nSPS) is 10.4. The molecule has 1 aromatic heterocycles. The molecular weight excluding hydrogens is 217 g/mol. The second-order valence-corrected chi connectivity index (χ2v) is 3.19. The summed E-state index contributed by atoms with van der Waals surface area (Å²) in [6.45, 7) is 0. The van der Waals surface area contributed by atoms with Crippen LogP contribution in [0.4, 0.5) is 18.9 Å². The Balaban J connectivity index is 2.66. The number of hydrogen-bond donors (Lipinski definition) is 1. The Labute approximate surface area is 89.5 Å². The summed E-state index contributed by atoms with van der Waals surface area (Å²) in [5.74, 6) is -4.01. The second kappa shape index (κ2) is 3.84. The third-order valence-corrected chi connectivity index (χ3v) is 2.18. The van der Waals surface area contributed by atoms with Crippen LogP contribution < -0.4 is 5.73 Å². The number of anilines is 1. The number of aromatic nitrogens is 1. The standard InChI is InChI=1S/C11H7F3N2/c12-8-2-1-6(10(13)11(8)14)7-5-16-4-3-9(7)15/h1-5H,(H2,15,16). The minimum absolute atomic E-state index is 0.107. The molecule has 82 valence electrons. The van der Waals surface area contributed by atoms with Crippen LogP contribution in [-0.4, -0.2) is 4.98 Å². The summed E-state index contributed by atoms with van der Waals surface area (Å²) in [4.78, 5) is 3.75. The van der Waals surface area contributed by atoms with Crippen LogP contribution >= 0.6 is 0 Å². The van der Waals surface area contributed by atoms with Crippen molar-refractivity contribution in [1.29, 1.82) is 0 Å². The number of rotatable bonds is 1. The molecule has 0 aliphatic carbocycles. The molecule has 0 amide bonds. The van der Waals surface area contributed by atoms with E-state index in [4.69, 9.17) is 5.73 Å². The van der Waals surface area contributed by atoms with E-state index >= 15 is 0 Å². The van der Waals surface area contributed by atoms with Gasteiger partial charge in [0.15, 0.2) is 17.5 Å². The Hall–Kier alpha value is -2.04. The van der Waals surface area contributed by atoms with Gasteiger partial charge in [-0.05, 0) is 18.2 Å². The van der Waals surface area contributed by atoms with Crippen molar-refractivity contribution >= 4 is 5.69 Å². The molecule has 2 nitrogen and oxygen atoms in total. The third-order valence-electron chi connectivity index (χ3n) is 2.18. The monoisotopic (exact) mass is 224 g/mol. The average molecular weight is 224 g/mol. The number of benzene rings is 1. The van der Waals surface area contributed by atoms with Crippen LogP contribution in [0, 0.1) is 17.5 Å². The molecule has 1 aromatic carbocycles. The van der Waals surface area contributed by atoms with Crippen molar-refractivity contribution in [3.63, 3.8) is 0 Å². The molecule has 0 aliphatic heterocycles. The predicted octanol–water partition coefficient (Wildman–Crippen LogP) is 2.75. The fourth-order valence-electron chi connectivity index (χ4n) is 1.36. The van der Waals surface area contributed by atoms with Crippen molar-refractivity contribution in [2.45, 2.75) is 0 Å². The van der Waals surface area contributed by atoms with Crippen LogP contribution in [0.5, 0.6) is 0 Å². The van der Waals surface area contributed by atoms with Gasteiger partial charge in [0, 0.05) is 29.2 Å². The first-order valence-corrected chi connectivity index (χ1v) is 4.44. The van der Waals surface area contributed by atoms with Gasteiger partial charge in [0.05, 0.1) is 0 Å². The first kappa shape index (κ1) is 10.5. The first-order chi connectivity index (χ1) is 7.61. The summed E-state index contributed by atoms with van der Waals surface area (Å²) >= 11 is 0. The summed E-state index contributed by atoms with van der Waals surface area (Å²) in [5, 5.41) is 0. The molecule has 0 radical (unpaired) electrons. The molecule has 0 saturated heterocycles. The molecule has 2 aromatic rings. The Kier molecular flexibility index (Phi) is 2.52. The van der Waals surface area contributed by atoms with Crippen LogP contribution in [0.3, 0.4) is 0 Å². The van der Waals surface area contributed by atoms with E-state index in [0.717, 1.165) is 12.1 Å². The fourth-order valence-corrected chi connectivity index (χ4v) is 1.36. The largest absolute Gasteiger partial charge is 0.398 e. The molecular formula is C11H7F3N2. The maximum absolute atomic E-state index is 13.4. The maximum Gasteiger partial charge on any atom is 0.195 e. The van der Waals surface area contributed by atoms with E-state index in [0.29, 0.717) is 0 Å². The van der Waals surface area contributed by atoms with Gasteiger partial charge < -0.3 is 5.73 Å². The van der Waals surface area contributed by atoms with E-state index in [1.165, 1.54) is 18.5 Å². The van der Waals surface area contributed by atoms with E-state index < -0.39 is 17.5 Å². The SMILES string of the molecule is Nc1ccncc1-c1ccc(F)c(F)c1F. The van der Waals surface area contributed by atoms with Gasteiger partial charge in [-0.2, -0.15) is 0 Å². The molecule has 16 heavy (non-hydrogen) atoms. The summed E-state index contributed by atoms with van der Waals surface area (Å²) in [6.07, 6.45) is 2.72. The van der Waals surface area contributed by atoms with Gasteiger partial charge in [0.1, 0.15) is 0 Å². The number of hydrogen-bond acceptors (Lipinski definition) is 2. The molecule has 2 rings (SSSR count). The molecule has 0 unspecified atom stereocenters. The highest BCUT2D eigenvalue weighted by atomic mass is 19.2. The lowest BCUT2D eigenvalue weighted by atomic mass is 10.1. The minimum Gasteiger partial charge on any atom is -0.398 e. The quantitative estimate of drug-likeness (QED) is 0.756. The zero-order valence-corrected chi connectivity index (χ0v) is 8.05. The van der Waals surface area contributed by atoms with Crippen LogP contribution in [-0.2, 0) is 0 Å². The highest BCUT2D eigenvalue weighted by Gasteiger charge is 2.15. The Morgan fingerprint density at radius 1 is 0.938 bits per heavy atom. The number of nitrogen functional groups attached to an aromatic ring is 1. The maximum atomic E-state index is 13.4. The summed E-state index contributed by atoms with van der Waals surface area (Å²) < 4.78 is 39.1. The molecule has 1 heterocycles. The summed E-state index contributed by atoms with van der Waals surface area (Å²) in [5.41, 5.74) is 5.96. The fraction of sp³-hybridized carbons (Fsp3) is 0. The number of nitrogens with zero attached hydrogens (tertiary/aromatic N) is 1. The van der Waals surface area contributed by atoms with Crippen LogP contribution in [0.2, 0.25) is 0 Å². The molecule has 0 aliphatic rings. The van der Waals surface area contributed by atoms with Gasteiger partial charge in [0.25, 0.3) is 0 Å². The van der Waals surface area contributed by atoms with Gasteiger partial charge in [0.2, 0.25) is 0 Å². The molecule has 0 spiro atoms. The van der Waals surface area contributed by atoms with Crippen LogP contribution in [0.15, 0.2) is 30.6 Å². The van der Waals surface area contributed by atoms with Gasteiger partial charge in [-0.1, -0.05) is 0 Å². The smallest absolute Gasteiger partial charge is 0.195 e. The lowest BCUT2D eigenvalue weighted by molar-refractivity contribution is 0.449. The Morgan fingerprint density at radius 2 is 1.69 bits per heavy atom. The predicted molar refractivity (Wildman–Crippen MR) is 54.0 cm³/mol. The lowest BCUT2D eigenvalue weighted by Crippen LogP contribution is -1.97. The zero-order chi connectivity index (χ0) is 11.7. The van der Waals surface area contributed by atoms with Crippen molar-refractivity contribution in [2.24, 2.45) is 0 Å². The molecule has 0 saturated carbocycles. The molecule has 0 fully saturated rings. The second-order valence-electron chi connectivity index (χ2n) is 3.19. The molecule has 0 atom stereocenters. The van der Waals surface area contributed by atoms with E-state index in [1.807, 2.05) is 0 Å².